The number of carboxylic acid groups (broad SMARTS) is 1. The second kappa shape index (κ2) is 7.26. The number of carbonyl (C=O) groups is 1. The van der Waals surface area contributed by atoms with Crippen molar-refractivity contribution in [2.45, 2.75) is 4.90 Å². The fraction of sp³-hybridized carbons (Fsp3) is 0. The Labute approximate surface area is 166 Å². The molecule has 134 valence electrons. The number of furan rings is 1. The van der Waals surface area contributed by atoms with Crippen molar-refractivity contribution in [3.05, 3.63) is 69.3 Å². The normalized spacial score (nSPS) is 11.3. The SMILES string of the molecule is O=C(O)c1ccc(-c2ccc(Br)cc2NS(=O)(=O)c2ccc(Br)cc2)o1. The van der Waals surface area contributed by atoms with Crippen LogP contribution in [0.4, 0.5) is 5.69 Å². The smallest absolute Gasteiger partial charge is 0.371 e. The van der Waals surface area contributed by atoms with Crippen LogP contribution in [0.3, 0.4) is 0 Å². The van der Waals surface area contributed by atoms with Crippen molar-refractivity contribution in [3.63, 3.8) is 0 Å². The van der Waals surface area contributed by atoms with Crippen molar-refractivity contribution in [2.24, 2.45) is 0 Å². The molecule has 0 radical (unpaired) electrons. The van der Waals surface area contributed by atoms with Crippen LogP contribution < -0.4 is 4.72 Å². The highest BCUT2D eigenvalue weighted by Gasteiger charge is 2.19. The van der Waals surface area contributed by atoms with Crippen molar-refractivity contribution >= 4 is 53.5 Å². The molecule has 0 amide bonds. The summed E-state index contributed by atoms with van der Waals surface area (Å²) in [6.07, 6.45) is 0. The van der Waals surface area contributed by atoms with Gasteiger partial charge in [0.05, 0.1) is 10.6 Å². The van der Waals surface area contributed by atoms with Crippen molar-refractivity contribution in [1.82, 2.24) is 0 Å². The van der Waals surface area contributed by atoms with Gasteiger partial charge in [-0.15, -0.1) is 0 Å². The summed E-state index contributed by atoms with van der Waals surface area (Å²) in [7, 11) is -3.84. The molecule has 0 bridgehead atoms. The van der Waals surface area contributed by atoms with E-state index in [1.165, 1.54) is 24.3 Å². The molecule has 3 aromatic rings. The molecule has 0 saturated heterocycles. The predicted octanol–water partition coefficient (Wildman–Crippen LogP) is 4.97. The molecule has 0 spiro atoms. The lowest BCUT2D eigenvalue weighted by Gasteiger charge is -2.12. The molecule has 9 heteroatoms. The molecular formula is C17H11Br2NO5S. The molecule has 0 aliphatic rings. The van der Waals surface area contributed by atoms with E-state index in [9.17, 15) is 13.2 Å². The van der Waals surface area contributed by atoms with E-state index >= 15 is 0 Å². The number of benzene rings is 2. The molecule has 3 rings (SSSR count). The first kappa shape index (κ1) is 18.7. The first-order valence-electron chi connectivity index (χ1n) is 7.18. The Morgan fingerprint density at radius 1 is 0.962 bits per heavy atom. The van der Waals surface area contributed by atoms with Crippen LogP contribution >= 0.6 is 31.9 Å². The van der Waals surface area contributed by atoms with Gasteiger partial charge in [0, 0.05) is 14.5 Å². The molecule has 0 fully saturated rings. The molecule has 6 nitrogen and oxygen atoms in total. The van der Waals surface area contributed by atoms with E-state index in [1.54, 1.807) is 30.3 Å². The number of carboxylic acids is 1. The Hall–Kier alpha value is -2.10. The van der Waals surface area contributed by atoms with Gasteiger partial charge in [0.15, 0.2) is 0 Å². The maximum atomic E-state index is 12.7. The van der Waals surface area contributed by atoms with Crippen LogP contribution in [0.1, 0.15) is 10.6 Å². The number of hydrogen-bond acceptors (Lipinski definition) is 4. The molecule has 0 aliphatic heterocycles. The Morgan fingerprint density at radius 3 is 2.23 bits per heavy atom. The summed E-state index contributed by atoms with van der Waals surface area (Å²) >= 11 is 6.57. The lowest BCUT2D eigenvalue weighted by Crippen LogP contribution is -2.13. The van der Waals surface area contributed by atoms with Crippen molar-refractivity contribution in [1.29, 1.82) is 0 Å². The quantitative estimate of drug-likeness (QED) is 0.515. The molecule has 2 aromatic carbocycles. The van der Waals surface area contributed by atoms with Crippen LogP contribution in [-0.4, -0.2) is 19.5 Å². The Bertz CT molecular complexity index is 1070. The molecule has 0 aliphatic carbocycles. The topological polar surface area (TPSA) is 96.6 Å². The third-order valence-electron chi connectivity index (χ3n) is 3.43. The van der Waals surface area contributed by atoms with Crippen molar-refractivity contribution < 1.29 is 22.7 Å². The summed E-state index contributed by atoms with van der Waals surface area (Å²) in [4.78, 5) is 11.1. The molecule has 26 heavy (non-hydrogen) atoms. The number of nitrogens with one attached hydrogen (secondary N) is 1. The number of anilines is 1. The number of halogens is 2. The second-order valence-corrected chi connectivity index (χ2v) is 8.73. The standard InChI is InChI=1S/C17H11Br2NO5S/c18-10-1-4-12(5-2-10)26(23,24)20-14-9-11(19)3-6-13(14)15-7-8-16(25-15)17(21)22/h1-9,20H,(H,21,22). The summed E-state index contributed by atoms with van der Waals surface area (Å²) in [5.41, 5.74) is 0.676. The van der Waals surface area contributed by atoms with Gasteiger partial charge in [-0.2, -0.15) is 0 Å². The monoisotopic (exact) mass is 499 g/mol. The average molecular weight is 501 g/mol. The van der Waals surface area contributed by atoms with Crippen LogP contribution in [0, 0.1) is 0 Å². The van der Waals surface area contributed by atoms with Crippen LogP contribution in [-0.2, 0) is 10.0 Å². The zero-order chi connectivity index (χ0) is 18.9. The number of rotatable bonds is 5. The largest absolute Gasteiger partial charge is 0.475 e. The van der Waals surface area contributed by atoms with Crippen molar-refractivity contribution in [3.8, 4) is 11.3 Å². The molecular weight excluding hydrogens is 490 g/mol. The number of aromatic carboxylic acids is 1. The van der Waals surface area contributed by atoms with Gasteiger partial charge in [-0.3, -0.25) is 4.72 Å². The maximum Gasteiger partial charge on any atom is 0.371 e. The van der Waals surface area contributed by atoms with E-state index in [0.717, 1.165) is 4.47 Å². The van der Waals surface area contributed by atoms with E-state index < -0.39 is 16.0 Å². The minimum atomic E-state index is -3.84. The number of sulfonamides is 1. The van der Waals surface area contributed by atoms with Gasteiger partial charge in [0.2, 0.25) is 5.76 Å². The van der Waals surface area contributed by atoms with Gasteiger partial charge in [-0.25, -0.2) is 13.2 Å². The first-order valence-corrected chi connectivity index (χ1v) is 10.2. The van der Waals surface area contributed by atoms with Crippen LogP contribution in [0.2, 0.25) is 0 Å². The molecule has 0 saturated carbocycles. The van der Waals surface area contributed by atoms with E-state index in [1.807, 2.05) is 0 Å². The highest BCUT2D eigenvalue weighted by atomic mass is 79.9. The third-order valence-corrected chi connectivity index (χ3v) is 5.84. The predicted molar refractivity (Wildman–Crippen MR) is 104 cm³/mol. The van der Waals surface area contributed by atoms with Gasteiger partial charge < -0.3 is 9.52 Å². The molecule has 1 heterocycles. The van der Waals surface area contributed by atoms with Crippen LogP contribution in [0.25, 0.3) is 11.3 Å². The lowest BCUT2D eigenvalue weighted by molar-refractivity contribution is 0.0663. The summed E-state index contributed by atoms with van der Waals surface area (Å²) < 4.78 is 34.5. The van der Waals surface area contributed by atoms with Crippen LogP contribution in [0.5, 0.6) is 0 Å². The molecule has 0 atom stereocenters. The highest BCUT2D eigenvalue weighted by molar-refractivity contribution is 9.10. The Kier molecular flexibility index (Phi) is 5.22. The highest BCUT2D eigenvalue weighted by Crippen LogP contribution is 2.33. The lowest BCUT2D eigenvalue weighted by atomic mass is 10.1. The number of hydrogen-bond donors (Lipinski definition) is 2. The van der Waals surface area contributed by atoms with Crippen molar-refractivity contribution in [2.75, 3.05) is 4.72 Å². The summed E-state index contributed by atoms with van der Waals surface area (Å²) in [6.45, 7) is 0. The van der Waals surface area contributed by atoms with Gasteiger partial charge >= 0.3 is 5.97 Å². The summed E-state index contributed by atoms with van der Waals surface area (Å²) in [5, 5.41) is 9.00. The van der Waals surface area contributed by atoms with E-state index in [2.05, 4.69) is 36.6 Å². The molecule has 0 unspecified atom stereocenters. The molecule has 2 N–H and O–H groups in total. The zero-order valence-corrected chi connectivity index (χ0v) is 16.9. The fourth-order valence-electron chi connectivity index (χ4n) is 2.23. The molecule has 1 aromatic heterocycles. The van der Waals surface area contributed by atoms with E-state index in [0.29, 0.717) is 10.0 Å². The summed E-state index contributed by atoms with van der Waals surface area (Å²) in [5.74, 6) is -1.20. The van der Waals surface area contributed by atoms with Gasteiger partial charge in [-0.1, -0.05) is 31.9 Å². The van der Waals surface area contributed by atoms with Crippen LogP contribution in [0.15, 0.2) is 72.9 Å². The maximum absolute atomic E-state index is 12.7. The Morgan fingerprint density at radius 2 is 1.62 bits per heavy atom. The minimum absolute atomic E-state index is 0.0947. The fourth-order valence-corrected chi connectivity index (χ4v) is 3.93. The average Bonchev–Trinajstić information content (AvgIpc) is 3.05. The Balaban J connectivity index is 2.03. The van der Waals surface area contributed by atoms with Gasteiger partial charge in [0.25, 0.3) is 10.0 Å². The first-order chi connectivity index (χ1) is 12.3. The summed E-state index contributed by atoms with van der Waals surface area (Å²) in [6, 6.07) is 13.9. The zero-order valence-electron chi connectivity index (χ0n) is 12.9. The minimum Gasteiger partial charge on any atom is -0.475 e. The van der Waals surface area contributed by atoms with Gasteiger partial charge in [0.1, 0.15) is 5.76 Å². The second-order valence-electron chi connectivity index (χ2n) is 5.22. The van der Waals surface area contributed by atoms with Gasteiger partial charge in [-0.05, 0) is 54.6 Å². The van der Waals surface area contributed by atoms with E-state index in [-0.39, 0.29) is 22.1 Å². The third kappa shape index (κ3) is 4.00. The van der Waals surface area contributed by atoms with E-state index in [4.69, 9.17) is 9.52 Å².